The third-order valence-corrected chi connectivity index (χ3v) is 5.02. The molecule has 2 aromatic carbocycles. The van der Waals surface area contributed by atoms with Gasteiger partial charge >= 0.3 is 0 Å². The Morgan fingerprint density at radius 3 is 2.69 bits per heavy atom. The number of thiazole rings is 1. The van der Waals surface area contributed by atoms with E-state index in [1.807, 2.05) is 32.2 Å². The van der Waals surface area contributed by atoms with E-state index in [-0.39, 0.29) is 5.57 Å². The molecule has 146 valence electrons. The zero-order chi connectivity index (χ0) is 20.8. The summed E-state index contributed by atoms with van der Waals surface area (Å²) in [7, 11) is 0. The van der Waals surface area contributed by atoms with Crippen LogP contribution in [0.4, 0.5) is 5.13 Å². The van der Waals surface area contributed by atoms with E-state index < -0.39 is 5.91 Å². The van der Waals surface area contributed by atoms with E-state index in [2.05, 4.69) is 28.5 Å². The molecule has 0 aliphatic carbocycles. The molecule has 1 heterocycles. The number of aryl methyl sites for hydroxylation is 2. The first-order valence-corrected chi connectivity index (χ1v) is 10.1. The van der Waals surface area contributed by atoms with Gasteiger partial charge in [-0.1, -0.05) is 29.8 Å². The lowest BCUT2D eigenvalue weighted by Gasteiger charge is -2.04. The van der Waals surface area contributed by atoms with Crippen LogP contribution in [0.2, 0.25) is 0 Å². The summed E-state index contributed by atoms with van der Waals surface area (Å²) in [6.07, 6.45) is 1.55. The molecule has 0 spiro atoms. The van der Waals surface area contributed by atoms with Crippen LogP contribution < -0.4 is 10.1 Å². The zero-order valence-corrected chi connectivity index (χ0v) is 17.3. The van der Waals surface area contributed by atoms with Crippen LogP contribution in [0.25, 0.3) is 17.3 Å². The van der Waals surface area contributed by atoms with Crippen molar-refractivity contribution in [2.45, 2.75) is 20.8 Å². The van der Waals surface area contributed by atoms with E-state index in [9.17, 15) is 10.1 Å². The van der Waals surface area contributed by atoms with E-state index in [1.54, 1.807) is 30.3 Å². The summed E-state index contributed by atoms with van der Waals surface area (Å²) in [5.41, 5.74) is 4.86. The SMILES string of the molecule is CCOc1ccc(/C=C(\C#N)C(=O)Nc2nc(-c3cc(C)ccc3C)cs2)cc1. The summed E-state index contributed by atoms with van der Waals surface area (Å²) in [4.78, 5) is 17.0. The van der Waals surface area contributed by atoms with Crippen LogP contribution in [0.1, 0.15) is 23.6 Å². The number of rotatable bonds is 6. The van der Waals surface area contributed by atoms with Crippen LogP contribution in [0.15, 0.2) is 53.4 Å². The quantitative estimate of drug-likeness (QED) is 0.443. The van der Waals surface area contributed by atoms with Crippen molar-refractivity contribution in [1.82, 2.24) is 4.98 Å². The molecule has 0 unspecified atom stereocenters. The fourth-order valence-corrected chi connectivity index (χ4v) is 3.48. The predicted molar refractivity (Wildman–Crippen MR) is 117 cm³/mol. The fraction of sp³-hybridized carbons (Fsp3) is 0.174. The smallest absolute Gasteiger partial charge is 0.268 e. The number of nitrogens with one attached hydrogen (secondary N) is 1. The normalized spacial score (nSPS) is 11.0. The van der Waals surface area contributed by atoms with E-state index >= 15 is 0 Å². The van der Waals surface area contributed by atoms with E-state index in [0.29, 0.717) is 11.7 Å². The van der Waals surface area contributed by atoms with E-state index in [0.717, 1.165) is 33.7 Å². The largest absolute Gasteiger partial charge is 0.494 e. The number of ether oxygens (including phenoxy) is 1. The van der Waals surface area contributed by atoms with Gasteiger partial charge in [0.25, 0.3) is 5.91 Å². The minimum Gasteiger partial charge on any atom is -0.494 e. The van der Waals surface area contributed by atoms with Crippen molar-refractivity contribution >= 4 is 28.5 Å². The number of aromatic nitrogens is 1. The van der Waals surface area contributed by atoms with Crippen LogP contribution >= 0.6 is 11.3 Å². The summed E-state index contributed by atoms with van der Waals surface area (Å²) < 4.78 is 5.40. The van der Waals surface area contributed by atoms with Gasteiger partial charge in [-0.15, -0.1) is 11.3 Å². The topological polar surface area (TPSA) is 75.0 Å². The van der Waals surface area contributed by atoms with Gasteiger partial charge in [0, 0.05) is 10.9 Å². The molecule has 6 heteroatoms. The van der Waals surface area contributed by atoms with Crippen molar-refractivity contribution in [3.05, 3.63) is 70.1 Å². The highest BCUT2D eigenvalue weighted by molar-refractivity contribution is 7.14. The standard InChI is InChI=1S/C23H21N3O2S/c1-4-28-19-9-7-17(8-10-19)12-18(13-24)22(27)26-23-25-21(14-29-23)20-11-15(2)5-6-16(20)3/h5-12,14H,4H2,1-3H3,(H,25,26,27)/b18-12+. The maximum absolute atomic E-state index is 12.5. The van der Waals surface area contributed by atoms with Crippen molar-refractivity contribution in [1.29, 1.82) is 5.26 Å². The molecule has 0 aliphatic heterocycles. The lowest BCUT2D eigenvalue weighted by atomic mass is 10.0. The molecular formula is C23H21N3O2S. The number of hydrogen-bond donors (Lipinski definition) is 1. The van der Waals surface area contributed by atoms with Crippen molar-refractivity contribution in [2.24, 2.45) is 0 Å². The minimum absolute atomic E-state index is 0.0117. The van der Waals surface area contributed by atoms with E-state index in [4.69, 9.17) is 4.74 Å². The van der Waals surface area contributed by atoms with Gasteiger partial charge in [0.2, 0.25) is 0 Å². The fourth-order valence-electron chi connectivity index (χ4n) is 2.77. The Balaban J connectivity index is 1.76. The number of benzene rings is 2. The molecule has 1 aromatic heterocycles. The number of carbonyl (C=O) groups is 1. The average Bonchev–Trinajstić information content (AvgIpc) is 3.17. The van der Waals surface area contributed by atoms with Crippen LogP contribution in [-0.2, 0) is 4.79 Å². The molecule has 0 radical (unpaired) electrons. The average molecular weight is 404 g/mol. The molecular weight excluding hydrogens is 382 g/mol. The lowest BCUT2D eigenvalue weighted by Crippen LogP contribution is -2.13. The maximum atomic E-state index is 12.5. The monoisotopic (exact) mass is 403 g/mol. The van der Waals surface area contributed by atoms with Gasteiger partial charge in [-0.05, 0) is 56.2 Å². The Morgan fingerprint density at radius 1 is 1.24 bits per heavy atom. The van der Waals surface area contributed by atoms with Crippen molar-refractivity contribution in [2.75, 3.05) is 11.9 Å². The van der Waals surface area contributed by atoms with Gasteiger partial charge in [-0.25, -0.2) is 4.98 Å². The summed E-state index contributed by atoms with van der Waals surface area (Å²) in [5, 5.41) is 14.5. The predicted octanol–water partition coefficient (Wildman–Crippen LogP) is 5.37. The second-order valence-electron chi connectivity index (χ2n) is 6.48. The third-order valence-electron chi connectivity index (χ3n) is 4.26. The first-order chi connectivity index (χ1) is 14.0. The Morgan fingerprint density at radius 2 is 2.00 bits per heavy atom. The second kappa shape index (κ2) is 9.18. The first kappa shape index (κ1) is 20.3. The molecule has 0 aliphatic rings. The van der Waals surface area contributed by atoms with Gasteiger partial charge in [0.15, 0.2) is 5.13 Å². The third kappa shape index (κ3) is 5.09. The highest BCUT2D eigenvalue weighted by atomic mass is 32.1. The summed E-state index contributed by atoms with van der Waals surface area (Å²) in [6, 6.07) is 15.4. The molecule has 3 rings (SSSR count). The van der Waals surface area contributed by atoms with Crippen molar-refractivity contribution < 1.29 is 9.53 Å². The Labute approximate surface area is 174 Å². The number of nitrogens with zero attached hydrogens (tertiary/aromatic N) is 2. The Bertz CT molecular complexity index is 1090. The Kier molecular flexibility index (Phi) is 6.43. The number of anilines is 1. The van der Waals surface area contributed by atoms with Gasteiger partial charge in [0.1, 0.15) is 17.4 Å². The summed E-state index contributed by atoms with van der Waals surface area (Å²) in [6.45, 7) is 6.55. The molecule has 0 bridgehead atoms. The molecule has 1 N–H and O–H groups in total. The maximum Gasteiger partial charge on any atom is 0.268 e. The molecule has 29 heavy (non-hydrogen) atoms. The Hall–Kier alpha value is -3.43. The zero-order valence-electron chi connectivity index (χ0n) is 16.5. The van der Waals surface area contributed by atoms with Gasteiger partial charge in [0.05, 0.1) is 12.3 Å². The van der Waals surface area contributed by atoms with Gasteiger partial charge in [-0.3, -0.25) is 10.1 Å². The highest BCUT2D eigenvalue weighted by Gasteiger charge is 2.13. The van der Waals surface area contributed by atoms with Crippen LogP contribution in [-0.4, -0.2) is 17.5 Å². The molecule has 0 atom stereocenters. The summed E-state index contributed by atoms with van der Waals surface area (Å²) in [5.74, 6) is 0.262. The van der Waals surface area contributed by atoms with E-state index in [1.165, 1.54) is 11.3 Å². The molecule has 5 nitrogen and oxygen atoms in total. The number of amides is 1. The van der Waals surface area contributed by atoms with Crippen LogP contribution in [0.5, 0.6) is 5.75 Å². The van der Waals surface area contributed by atoms with Gasteiger partial charge < -0.3 is 4.74 Å². The molecule has 3 aromatic rings. The van der Waals surface area contributed by atoms with Gasteiger partial charge in [-0.2, -0.15) is 5.26 Å². The molecule has 1 amide bonds. The highest BCUT2D eigenvalue weighted by Crippen LogP contribution is 2.28. The number of nitriles is 1. The van der Waals surface area contributed by atoms with Crippen LogP contribution in [0.3, 0.4) is 0 Å². The second-order valence-corrected chi connectivity index (χ2v) is 7.34. The summed E-state index contributed by atoms with van der Waals surface area (Å²) >= 11 is 1.33. The number of hydrogen-bond acceptors (Lipinski definition) is 5. The lowest BCUT2D eigenvalue weighted by molar-refractivity contribution is -0.112. The van der Waals surface area contributed by atoms with Crippen LogP contribution in [0, 0.1) is 25.2 Å². The van der Waals surface area contributed by atoms with Crippen molar-refractivity contribution in [3.8, 4) is 23.1 Å². The first-order valence-electron chi connectivity index (χ1n) is 9.19. The van der Waals surface area contributed by atoms with Crippen molar-refractivity contribution in [3.63, 3.8) is 0 Å². The molecule has 0 saturated carbocycles. The molecule has 0 fully saturated rings. The molecule has 0 saturated heterocycles. The minimum atomic E-state index is -0.483. The number of carbonyl (C=O) groups excluding carboxylic acids is 1.